The molecule has 0 aliphatic carbocycles. The molecule has 0 saturated heterocycles. The molecule has 20 aromatic rings. The van der Waals surface area contributed by atoms with Crippen LogP contribution >= 0.6 is 22.7 Å². The summed E-state index contributed by atoms with van der Waals surface area (Å²) < 4.78 is 22.4. The summed E-state index contributed by atoms with van der Waals surface area (Å²) in [7, 11) is -1.75. The van der Waals surface area contributed by atoms with Gasteiger partial charge in [-0.25, -0.2) is 9.97 Å². The molecular formula is C98H64N8O2Pd2S2Si2. The minimum absolute atomic E-state index is 0. The molecule has 2 aliphatic heterocycles. The molecule has 14 aromatic carbocycles. The van der Waals surface area contributed by atoms with Crippen LogP contribution in [0.1, 0.15) is 0 Å². The number of thiophene rings is 2. The fourth-order valence-corrected chi connectivity index (χ4v) is 29.7. The van der Waals surface area contributed by atoms with Crippen LogP contribution in [-0.2, 0) is 54.9 Å². The molecule has 0 fully saturated rings. The number of hydrogen-bond donors (Lipinski definition) is 0. The van der Waals surface area contributed by atoms with Crippen LogP contribution in [0.2, 0.25) is 0 Å². The Labute approximate surface area is 696 Å². The van der Waals surface area contributed by atoms with E-state index in [1.165, 1.54) is 81.8 Å². The van der Waals surface area contributed by atoms with Crippen LogP contribution in [-0.4, -0.2) is 45.2 Å². The van der Waals surface area contributed by atoms with Gasteiger partial charge >= 0.3 is 40.8 Å². The Morgan fingerprint density at radius 1 is 0.316 bits per heavy atom. The quantitative estimate of drug-likeness (QED) is 0.0883. The number of aryl methyl sites for hydroxylation is 2. The molecule has 0 atom stereocenters. The van der Waals surface area contributed by atoms with Crippen LogP contribution in [0.4, 0.5) is 34.4 Å². The monoisotopic (exact) mass is 1720 g/mol. The second-order valence-corrected chi connectivity index (χ2v) is 37.7. The molecule has 0 amide bonds. The Morgan fingerprint density at radius 2 is 0.719 bits per heavy atom. The summed E-state index contributed by atoms with van der Waals surface area (Å²) in [5.41, 5.74) is 9.74. The first-order valence-electron chi connectivity index (χ1n) is 37.3. The van der Waals surface area contributed by atoms with Crippen LogP contribution in [0.3, 0.4) is 0 Å². The third-order valence-electron chi connectivity index (χ3n) is 21.9. The number of para-hydroxylation sites is 4. The van der Waals surface area contributed by atoms with Crippen molar-refractivity contribution in [3.05, 3.63) is 376 Å². The van der Waals surface area contributed by atoms with E-state index >= 15 is 0 Å². The first-order chi connectivity index (χ1) is 55.4. The zero-order valence-electron chi connectivity index (χ0n) is 61.3. The summed E-state index contributed by atoms with van der Waals surface area (Å²) >= 11 is 3.68. The molecule has 16 heteroatoms. The first kappa shape index (κ1) is 72.0. The zero-order valence-corrected chi connectivity index (χ0v) is 68.1. The van der Waals surface area contributed by atoms with Gasteiger partial charge in [0, 0.05) is 85.1 Å². The van der Waals surface area contributed by atoms with Crippen molar-refractivity contribution in [2.24, 2.45) is 14.1 Å². The van der Waals surface area contributed by atoms with Crippen molar-refractivity contribution in [3.8, 4) is 45.8 Å². The van der Waals surface area contributed by atoms with Gasteiger partial charge in [-0.2, -0.15) is 12.1 Å². The van der Waals surface area contributed by atoms with Crippen LogP contribution in [0.25, 0.3) is 85.2 Å². The van der Waals surface area contributed by atoms with Crippen LogP contribution < -0.4 is 60.8 Å². The van der Waals surface area contributed by atoms with Gasteiger partial charge in [-0.05, 0) is 96.1 Å². The van der Waals surface area contributed by atoms with E-state index in [1.807, 2.05) is 146 Å². The Balaban J connectivity index is 0.000000150. The minimum atomic E-state index is -2.92. The molecular weight excluding hydrogens is 1650 g/mol. The van der Waals surface area contributed by atoms with Gasteiger partial charge in [0.25, 0.3) is 0 Å². The smallest absolute Gasteiger partial charge is 0.503 e. The number of rotatable bonds is 12. The third kappa shape index (κ3) is 11.7. The normalized spacial score (nSPS) is 13.0. The fourth-order valence-electron chi connectivity index (χ4n) is 17.2. The number of ether oxygens (including phenoxy) is 2. The van der Waals surface area contributed by atoms with Crippen molar-refractivity contribution in [1.82, 2.24) is 29.1 Å². The number of fused-ring (bicyclic) bond motifs is 14. The summed E-state index contributed by atoms with van der Waals surface area (Å²) in [5.74, 6) is 5.83. The molecule has 0 bridgehead atoms. The number of anilines is 6. The molecule has 0 saturated carbocycles. The van der Waals surface area contributed by atoms with Crippen LogP contribution in [0, 0.1) is 24.3 Å². The summed E-state index contributed by atoms with van der Waals surface area (Å²) in [6, 6.07) is 135. The molecule has 114 heavy (non-hydrogen) atoms. The van der Waals surface area contributed by atoms with E-state index in [0.29, 0.717) is 23.0 Å². The topological polar surface area (TPSA) is 86.4 Å². The summed E-state index contributed by atoms with van der Waals surface area (Å²) in [6.45, 7) is 0. The molecule has 0 radical (unpaired) electrons. The maximum absolute atomic E-state index is 6.60. The van der Waals surface area contributed by atoms with E-state index in [-0.39, 0.29) is 40.8 Å². The summed E-state index contributed by atoms with van der Waals surface area (Å²) in [5, 5.41) is 15.3. The first-order valence-corrected chi connectivity index (χ1v) is 42.9. The number of imidazole rings is 2. The molecule has 22 rings (SSSR count). The second-order valence-electron chi connectivity index (χ2n) is 28.1. The summed E-state index contributed by atoms with van der Waals surface area (Å²) in [4.78, 5) is 25.0. The van der Waals surface area contributed by atoms with Crippen molar-refractivity contribution in [2.45, 2.75) is 0 Å². The van der Waals surface area contributed by atoms with Crippen molar-refractivity contribution < 1.29 is 50.3 Å². The Hall–Kier alpha value is -12.3. The number of pyridine rings is 2. The summed E-state index contributed by atoms with van der Waals surface area (Å²) in [6.07, 6.45) is 3.83. The largest absolute Gasteiger partial charge is 2.00 e. The number of aromatic nitrogens is 6. The van der Waals surface area contributed by atoms with E-state index in [9.17, 15) is 0 Å². The van der Waals surface area contributed by atoms with E-state index in [4.69, 9.17) is 29.4 Å². The SMILES string of the molecule is Cn1c(-c2[c-]c(Oc3[c-]c(N4c5ncccc5[Si](c5ccccc5)(c5ccccc5)c5ccc6c(sc7ccccc76)c54)ccc3)ccc2)nc2ccccc21.Cn1c(-c2[c-]c(Oc3[c-]c(N4c5ncccc5[Si](c5ccccc5)(c5ccccc5)c5ccc6sc7ccccc7c6c54)ccc3)ccc2)nc2ccccc21.[Pd+2].[Pd+2]. The van der Waals surface area contributed by atoms with Crippen molar-refractivity contribution in [2.75, 3.05) is 9.80 Å². The maximum atomic E-state index is 6.60. The number of benzene rings is 14. The third-order valence-corrected chi connectivity index (χ3v) is 33.9. The van der Waals surface area contributed by atoms with Gasteiger partial charge in [-0.3, -0.25) is 9.97 Å². The van der Waals surface area contributed by atoms with E-state index < -0.39 is 16.1 Å². The molecule has 2 aliphatic rings. The van der Waals surface area contributed by atoms with E-state index in [0.717, 1.165) is 79.2 Å². The Kier molecular flexibility index (Phi) is 18.7. The second kappa shape index (κ2) is 29.7. The van der Waals surface area contributed by atoms with Gasteiger partial charge in [0.15, 0.2) is 16.1 Å². The molecule has 0 unspecified atom stereocenters. The zero-order chi connectivity index (χ0) is 74.4. The number of hydrogen-bond acceptors (Lipinski definition) is 10. The average Bonchev–Trinajstić information content (AvgIpc) is 1.46. The number of nitrogens with zero attached hydrogens (tertiary/aromatic N) is 8. The van der Waals surface area contributed by atoms with Crippen LogP contribution in [0.5, 0.6) is 23.0 Å². The van der Waals surface area contributed by atoms with Crippen LogP contribution in [0.15, 0.2) is 352 Å². The Morgan fingerprint density at radius 3 is 1.21 bits per heavy atom. The van der Waals surface area contributed by atoms with E-state index in [2.05, 4.69) is 286 Å². The minimum Gasteiger partial charge on any atom is -0.503 e. The Bertz CT molecular complexity index is 6980. The molecule has 0 N–H and O–H groups in total. The molecule has 8 heterocycles. The molecule has 548 valence electrons. The maximum Gasteiger partial charge on any atom is 2.00 e. The van der Waals surface area contributed by atoms with Gasteiger partial charge < -0.3 is 28.4 Å². The predicted molar refractivity (Wildman–Crippen MR) is 466 cm³/mol. The molecule has 0 spiro atoms. The van der Waals surface area contributed by atoms with Gasteiger partial charge in [-0.1, -0.05) is 236 Å². The van der Waals surface area contributed by atoms with Crippen molar-refractivity contribution >= 4 is 177 Å². The van der Waals surface area contributed by atoms with Gasteiger partial charge in [0.1, 0.15) is 11.6 Å². The predicted octanol–water partition coefficient (Wildman–Crippen LogP) is 19.1. The standard InChI is InChI=1S/2C49H32N4OSSi.2Pd/c1-52-42-25-10-9-24-41(42)51-48(52)33-15-12-17-35(31-33)54-36-18-13-16-34(32-36)53-46-44(29-28-40-39-23-8-11-26-43(39)55-47(40)46)56(37-19-4-2-5-20-37,38-21-6-3-7-22-38)45-27-14-30-50-49(45)53;1-52-41-25-10-9-24-40(41)51-48(52)33-15-12-17-35(31-33)54-36-18-13-16-34(32-36)53-47-44(29-28-43-46(47)39-23-8-11-26-42(39)55-43)56(37-19-4-2-5-20-37,38-21-6-3-7-22-38)45-27-14-30-50-49(45)53;;/h2*2-30H,1H3;;/q2*-2;2*+2. The van der Waals surface area contributed by atoms with Gasteiger partial charge in [-0.15, -0.1) is 107 Å². The molecule has 6 aromatic heterocycles. The average molecular weight is 1720 g/mol. The van der Waals surface area contributed by atoms with E-state index in [1.54, 1.807) is 0 Å². The molecule has 10 nitrogen and oxygen atoms in total. The van der Waals surface area contributed by atoms with Crippen molar-refractivity contribution in [1.29, 1.82) is 0 Å². The van der Waals surface area contributed by atoms with Gasteiger partial charge in [0.2, 0.25) is 0 Å². The van der Waals surface area contributed by atoms with Gasteiger partial charge in [0.05, 0.1) is 49.8 Å². The fraction of sp³-hybridized carbons (Fsp3) is 0.0204. The van der Waals surface area contributed by atoms with Crippen molar-refractivity contribution in [3.63, 3.8) is 0 Å².